The molecule has 5 atom stereocenters. The van der Waals surface area contributed by atoms with Gasteiger partial charge in [0.2, 0.25) is 5.91 Å². The number of piperazine rings is 1. The number of hydrogen-bond acceptors (Lipinski definition) is 8. The molecule has 4 N–H and O–H groups in total. The molecule has 0 radical (unpaired) electrons. The highest BCUT2D eigenvalue weighted by Gasteiger charge is 2.40. The summed E-state index contributed by atoms with van der Waals surface area (Å²) in [6, 6.07) is 13.0. The Morgan fingerprint density at radius 3 is 2.28 bits per heavy atom. The number of rotatable bonds is 9. The Kier molecular flexibility index (Phi) is 12.1. The number of methoxy groups -OCH3 is 1. The van der Waals surface area contributed by atoms with Crippen LogP contribution in [-0.2, 0) is 9.53 Å². The summed E-state index contributed by atoms with van der Waals surface area (Å²) in [7, 11) is 2.89. The van der Waals surface area contributed by atoms with Crippen LogP contribution in [-0.4, -0.2) is 101 Å². The van der Waals surface area contributed by atoms with E-state index >= 15 is 4.39 Å². The summed E-state index contributed by atoms with van der Waals surface area (Å²) in [4.78, 5) is 69.4. The molecule has 57 heavy (non-hydrogen) atoms. The largest absolute Gasteiger partial charge is 0.453 e. The van der Waals surface area contributed by atoms with Crippen LogP contribution < -0.4 is 20.9 Å². The number of alkyl carbamates (subject to hydrolysis) is 1. The molecule has 2 aromatic heterocycles. The summed E-state index contributed by atoms with van der Waals surface area (Å²) in [5, 5.41) is 8.07. The van der Waals surface area contributed by atoms with E-state index in [9.17, 15) is 19.2 Å². The maximum Gasteiger partial charge on any atom is 0.407 e. The summed E-state index contributed by atoms with van der Waals surface area (Å²) < 4.78 is 20.3. The van der Waals surface area contributed by atoms with Crippen LogP contribution in [0.2, 0.25) is 0 Å². The van der Waals surface area contributed by atoms with Crippen LogP contribution in [0.1, 0.15) is 68.8 Å². The highest BCUT2D eigenvalue weighted by atomic mass is 19.1. The zero-order chi connectivity index (χ0) is 41.1. The van der Waals surface area contributed by atoms with Gasteiger partial charge in [0.15, 0.2) is 0 Å². The van der Waals surface area contributed by atoms with Crippen molar-refractivity contribution in [1.82, 2.24) is 35.4 Å². The van der Waals surface area contributed by atoms with E-state index in [4.69, 9.17) is 4.74 Å². The van der Waals surface area contributed by atoms with Crippen molar-refractivity contribution in [1.29, 1.82) is 0 Å². The summed E-state index contributed by atoms with van der Waals surface area (Å²) in [6.45, 7) is 13.4. The molecule has 2 fully saturated rings. The number of aromatic amines is 1. The quantitative estimate of drug-likeness (QED) is 0.152. The molecule has 2 saturated heterocycles. The van der Waals surface area contributed by atoms with Crippen molar-refractivity contribution in [2.24, 2.45) is 11.8 Å². The number of nitrogens with zero attached hydrogens (tertiary/aromatic N) is 5. The lowest BCUT2D eigenvalue weighted by molar-refractivity contribution is -0.135. The fraction of sp³-hybridized carbons (Fsp3) is 0.429. The topological polar surface area (TPSA) is 165 Å². The van der Waals surface area contributed by atoms with E-state index in [-0.39, 0.29) is 47.6 Å². The van der Waals surface area contributed by atoms with Gasteiger partial charge in [0, 0.05) is 45.0 Å². The van der Waals surface area contributed by atoms with Gasteiger partial charge in [0.1, 0.15) is 23.5 Å². The van der Waals surface area contributed by atoms with Crippen molar-refractivity contribution in [3.8, 4) is 22.4 Å². The molecule has 0 bridgehead atoms. The molecule has 2 aliphatic rings. The zero-order valence-corrected chi connectivity index (χ0v) is 33.7. The fourth-order valence-electron chi connectivity index (χ4n) is 7.75. The highest BCUT2D eigenvalue weighted by Crippen LogP contribution is 2.36. The van der Waals surface area contributed by atoms with E-state index in [1.54, 1.807) is 41.2 Å². The molecule has 14 nitrogen and oxygen atoms in total. The average Bonchev–Trinajstić information content (AvgIpc) is 3.85. The van der Waals surface area contributed by atoms with Gasteiger partial charge in [-0.05, 0) is 85.5 Å². The lowest BCUT2D eigenvalue weighted by Crippen LogP contribution is -2.60. The van der Waals surface area contributed by atoms with Gasteiger partial charge in [-0.2, -0.15) is 0 Å². The number of carbonyl (C=O) groups is 4. The minimum Gasteiger partial charge on any atom is -0.453 e. The zero-order valence-electron chi connectivity index (χ0n) is 33.7. The van der Waals surface area contributed by atoms with Crippen molar-refractivity contribution in [2.45, 2.75) is 72.1 Å². The number of anilines is 2. The lowest BCUT2D eigenvalue weighted by atomic mass is 9.98. The standard InChI is InChI=1S/C42H52FN9O5/c1-23(2)37(49-42(56)57-8)40(54)52-20-24(3)15-35(52)38-46-19-34(47-38)29-11-9-28(10-12-29)31-17-32(43)33(16-25(31)4)48-39(53)30-13-14-36(45-18-30)50-21-27(6)51(22-26(50)5)41(55)44-7/h9-14,16-19,23-24,26-27,35,37H,15,20-22H2,1-8H3,(H,44,55)(H,46,47)(H,48,53)(H,49,56)/t24-,26+,27-,35-,37-/m0/s1. The van der Waals surface area contributed by atoms with Gasteiger partial charge in [0.25, 0.3) is 5.91 Å². The van der Waals surface area contributed by atoms with E-state index in [1.165, 1.54) is 19.4 Å². The lowest BCUT2D eigenvalue weighted by Gasteiger charge is -2.44. The number of pyridine rings is 1. The van der Waals surface area contributed by atoms with E-state index in [2.05, 4.69) is 42.7 Å². The normalized spacial score (nSPS) is 20.0. The number of urea groups is 1. The van der Waals surface area contributed by atoms with E-state index < -0.39 is 23.9 Å². The van der Waals surface area contributed by atoms with Crippen molar-refractivity contribution >= 4 is 35.4 Å². The number of benzene rings is 2. The minimum absolute atomic E-state index is 0.0225. The van der Waals surface area contributed by atoms with Gasteiger partial charge in [-0.3, -0.25) is 9.59 Å². The molecular weight excluding hydrogens is 730 g/mol. The average molecular weight is 782 g/mol. The first kappa shape index (κ1) is 40.7. The Morgan fingerprint density at radius 2 is 1.63 bits per heavy atom. The molecule has 5 amide bonds. The molecular formula is C42H52FN9O5. The first-order valence-electron chi connectivity index (χ1n) is 19.3. The second kappa shape index (κ2) is 17.0. The molecule has 4 aromatic rings. The maximum absolute atomic E-state index is 15.5. The van der Waals surface area contributed by atoms with Crippen molar-refractivity contribution in [2.75, 3.05) is 44.0 Å². The molecule has 0 spiro atoms. The number of carbonyl (C=O) groups excluding carboxylic acids is 4. The van der Waals surface area contributed by atoms with Crippen LogP contribution in [0.3, 0.4) is 0 Å². The highest BCUT2D eigenvalue weighted by molar-refractivity contribution is 6.04. The predicted molar refractivity (Wildman–Crippen MR) is 216 cm³/mol. The second-order valence-electron chi connectivity index (χ2n) is 15.5. The smallest absolute Gasteiger partial charge is 0.407 e. The Labute approximate surface area is 332 Å². The van der Waals surface area contributed by atoms with Crippen LogP contribution in [0.15, 0.2) is 60.9 Å². The molecule has 15 heteroatoms. The van der Waals surface area contributed by atoms with E-state index in [0.717, 1.165) is 28.8 Å². The summed E-state index contributed by atoms with van der Waals surface area (Å²) >= 11 is 0. The Morgan fingerprint density at radius 1 is 0.912 bits per heavy atom. The number of hydrogen-bond donors (Lipinski definition) is 4. The van der Waals surface area contributed by atoms with Crippen LogP contribution in [0.5, 0.6) is 0 Å². The number of imidazole rings is 1. The number of aromatic nitrogens is 3. The molecule has 2 aromatic carbocycles. The molecule has 6 rings (SSSR count). The summed E-state index contributed by atoms with van der Waals surface area (Å²) in [5.41, 5.74) is 4.25. The number of ether oxygens (including phenoxy) is 1. The second-order valence-corrected chi connectivity index (χ2v) is 15.5. The monoisotopic (exact) mass is 781 g/mol. The van der Waals surface area contributed by atoms with Gasteiger partial charge in [-0.25, -0.2) is 23.9 Å². The van der Waals surface area contributed by atoms with Gasteiger partial charge >= 0.3 is 12.1 Å². The number of amides is 5. The van der Waals surface area contributed by atoms with Crippen LogP contribution in [0.4, 0.5) is 25.5 Å². The number of halogens is 1. The molecule has 302 valence electrons. The molecule has 0 unspecified atom stereocenters. The molecule has 2 aliphatic heterocycles. The van der Waals surface area contributed by atoms with Crippen LogP contribution in [0.25, 0.3) is 22.4 Å². The Balaban J connectivity index is 1.11. The predicted octanol–water partition coefficient (Wildman–Crippen LogP) is 6.37. The van der Waals surface area contributed by atoms with Gasteiger partial charge in [-0.1, -0.05) is 45.0 Å². The first-order chi connectivity index (χ1) is 27.2. The Hall–Kier alpha value is -5.99. The van der Waals surface area contributed by atoms with Gasteiger partial charge < -0.3 is 40.4 Å². The van der Waals surface area contributed by atoms with Crippen LogP contribution in [0, 0.1) is 24.6 Å². The van der Waals surface area contributed by atoms with Gasteiger partial charge in [-0.15, -0.1) is 0 Å². The number of likely N-dealkylation sites (tertiary alicyclic amines) is 1. The first-order valence-corrected chi connectivity index (χ1v) is 19.3. The van der Waals surface area contributed by atoms with E-state index in [0.29, 0.717) is 42.4 Å². The van der Waals surface area contributed by atoms with Crippen LogP contribution >= 0.6 is 0 Å². The molecule has 0 saturated carbocycles. The van der Waals surface area contributed by atoms with Crippen molar-refractivity contribution in [3.05, 3.63) is 83.7 Å². The fourth-order valence-corrected chi connectivity index (χ4v) is 7.75. The van der Waals surface area contributed by atoms with Gasteiger partial charge in [0.05, 0.1) is 36.3 Å². The SMILES string of the molecule is CNC(=O)N1C[C@@H](C)N(c2ccc(C(=O)Nc3cc(C)c(-c4ccc(-c5cnc([C@@H]6C[C@H](C)CN6C(=O)[C@@H](NC(=O)OC)C(C)C)[nH]5)cc4)cc3F)cn2)C[C@@H]1C. The third-order valence-electron chi connectivity index (χ3n) is 10.9. The van der Waals surface area contributed by atoms with Crippen molar-refractivity contribution < 1.29 is 28.3 Å². The Bertz CT molecular complexity index is 2110. The summed E-state index contributed by atoms with van der Waals surface area (Å²) in [5.74, 6) is 0.233. The number of nitrogens with one attached hydrogen (secondary N) is 4. The number of aryl methyl sites for hydroxylation is 1. The minimum atomic E-state index is -0.731. The molecule has 4 heterocycles. The summed E-state index contributed by atoms with van der Waals surface area (Å²) in [6.07, 6.45) is 3.30. The maximum atomic E-state index is 15.5. The third-order valence-corrected chi connectivity index (χ3v) is 10.9. The third kappa shape index (κ3) is 8.71. The number of H-pyrrole nitrogens is 1. The van der Waals surface area contributed by atoms with E-state index in [1.807, 2.05) is 58.9 Å². The molecule has 0 aliphatic carbocycles. The van der Waals surface area contributed by atoms with Crippen molar-refractivity contribution in [3.63, 3.8) is 0 Å².